The van der Waals surface area contributed by atoms with Gasteiger partial charge in [-0.15, -0.1) is 24.0 Å². The maximum Gasteiger partial charge on any atom is 0.0434 e. The first-order valence-electron chi connectivity index (χ1n) is 16.6. The molecule has 0 amide bonds. The van der Waals surface area contributed by atoms with Crippen molar-refractivity contribution in [1.82, 2.24) is 0 Å². The van der Waals surface area contributed by atoms with Crippen molar-refractivity contribution < 1.29 is 0 Å². The van der Waals surface area contributed by atoms with Crippen LogP contribution in [0, 0.1) is 6.92 Å². The van der Waals surface area contributed by atoms with Crippen molar-refractivity contribution in [3.63, 3.8) is 0 Å². The predicted octanol–water partition coefficient (Wildman–Crippen LogP) is 14.3. The summed E-state index contributed by atoms with van der Waals surface area (Å²) in [5.74, 6) is 0. The van der Waals surface area contributed by atoms with Gasteiger partial charge in [-0.2, -0.15) is 0 Å². The van der Waals surface area contributed by atoms with Crippen molar-refractivity contribution in [3.05, 3.63) is 169 Å². The summed E-state index contributed by atoms with van der Waals surface area (Å²) in [6.45, 7) is 6.27. The molecule has 1 heterocycles. The Morgan fingerprint density at radius 2 is 1.10 bits per heavy atom. The zero-order valence-corrected chi connectivity index (χ0v) is 28.8. The van der Waals surface area contributed by atoms with E-state index in [1.807, 2.05) is 17.4 Å². The maximum atomic E-state index is 5.00. The van der Waals surface area contributed by atoms with Crippen molar-refractivity contribution in [3.8, 4) is 33.4 Å². The quantitative estimate of drug-likeness (QED) is 0.106. The molecule has 0 fully saturated rings. The monoisotopic (exact) mass is 660 g/mol. The molecular weight excluding hydrogens is 629 g/mol. The Bertz CT molecular complexity index is 2740. The molecule has 0 N–H and O–H groups in total. The van der Waals surface area contributed by atoms with E-state index >= 15 is 0 Å². The molecule has 232 valence electrons. The van der Waals surface area contributed by atoms with Crippen LogP contribution in [-0.4, -0.2) is 0 Å². The maximum absolute atomic E-state index is 5.00. The molecule has 0 bridgehead atoms. The van der Waals surface area contributed by atoms with Gasteiger partial charge in [0.2, 0.25) is 0 Å². The highest BCUT2D eigenvalue weighted by atomic mass is 32.1. The van der Waals surface area contributed by atoms with Crippen molar-refractivity contribution in [2.75, 3.05) is 0 Å². The molecule has 0 spiro atoms. The van der Waals surface area contributed by atoms with E-state index in [-0.39, 0.29) is 0 Å². The van der Waals surface area contributed by atoms with E-state index < -0.39 is 0 Å². The van der Waals surface area contributed by atoms with E-state index in [2.05, 4.69) is 165 Å². The average Bonchev–Trinajstić information content (AvgIpc) is 3.53. The Labute approximate surface area is 295 Å². The van der Waals surface area contributed by atoms with Crippen molar-refractivity contribution in [2.24, 2.45) is 0 Å². The molecule has 2 heteroatoms. The summed E-state index contributed by atoms with van der Waals surface area (Å²) in [6, 6.07) is 50.8. The zero-order valence-electron chi connectivity index (χ0n) is 27.1. The summed E-state index contributed by atoms with van der Waals surface area (Å²) in [5, 5.41) is 9.92. The minimum atomic E-state index is 1.03. The third-order valence-electron chi connectivity index (χ3n) is 9.93. The van der Waals surface area contributed by atoms with E-state index in [9.17, 15) is 0 Å². The third kappa shape index (κ3) is 4.67. The summed E-state index contributed by atoms with van der Waals surface area (Å²) in [7, 11) is 0. The smallest absolute Gasteiger partial charge is 0.0434 e. The lowest BCUT2D eigenvalue weighted by atomic mass is 9.83. The molecule has 0 saturated carbocycles. The van der Waals surface area contributed by atoms with Gasteiger partial charge < -0.3 is 0 Å². The lowest BCUT2D eigenvalue weighted by Crippen LogP contribution is -1.96. The van der Waals surface area contributed by atoms with Crippen molar-refractivity contribution in [2.45, 2.75) is 11.8 Å². The molecule has 49 heavy (non-hydrogen) atoms. The molecule has 8 aromatic carbocycles. The summed E-state index contributed by atoms with van der Waals surface area (Å²) in [4.78, 5) is 1.03. The molecule has 0 aliphatic heterocycles. The van der Waals surface area contributed by atoms with Crippen LogP contribution in [-0.2, 0) is 0 Å². The second-order valence-corrected chi connectivity index (χ2v) is 14.1. The van der Waals surface area contributed by atoms with Gasteiger partial charge in [0.15, 0.2) is 0 Å². The van der Waals surface area contributed by atoms with Crippen LogP contribution in [0.25, 0.3) is 91.9 Å². The fraction of sp³-hybridized carbons (Fsp3) is 0.0213. The van der Waals surface area contributed by atoms with Crippen molar-refractivity contribution >= 4 is 82.5 Å². The Morgan fingerprint density at radius 3 is 1.76 bits per heavy atom. The zero-order chi connectivity index (χ0) is 33.1. The molecular formula is C47H32S2. The predicted molar refractivity (Wildman–Crippen MR) is 219 cm³/mol. The summed E-state index contributed by atoms with van der Waals surface area (Å²) >= 11 is 6.89. The van der Waals surface area contributed by atoms with Crippen LogP contribution < -0.4 is 0 Å². The van der Waals surface area contributed by atoms with Gasteiger partial charge in [0, 0.05) is 30.6 Å². The molecule has 1 aromatic heterocycles. The molecule has 0 unspecified atom stereocenters. The van der Waals surface area contributed by atoms with E-state index in [4.69, 9.17) is 12.6 Å². The van der Waals surface area contributed by atoms with Gasteiger partial charge in [0.05, 0.1) is 0 Å². The Kier molecular flexibility index (Phi) is 7.23. The fourth-order valence-corrected chi connectivity index (χ4v) is 9.38. The van der Waals surface area contributed by atoms with Gasteiger partial charge in [0.1, 0.15) is 0 Å². The van der Waals surface area contributed by atoms with Gasteiger partial charge in [-0.1, -0.05) is 152 Å². The Balaban J connectivity index is 1.33. The summed E-state index contributed by atoms with van der Waals surface area (Å²) < 4.78 is 2.61. The molecule has 0 aliphatic rings. The van der Waals surface area contributed by atoms with E-state index in [1.165, 1.54) is 97.0 Å². The number of hydrogen-bond acceptors (Lipinski definition) is 2. The molecule has 0 radical (unpaired) electrons. The van der Waals surface area contributed by atoms with E-state index in [0.29, 0.717) is 0 Å². The first kappa shape index (κ1) is 29.7. The highest BCUT2D eigenvalue weighted by Gasteiger charge is 2.21. The first-order valence-corrected chi connectivity index (χ1v) is 17.9. The van der Waals surface area contributed by atoms with Gasteiger partial charge in [-0.3, -0.25) is 0 Å². The minimum absolute atomic E-state index is 1.03. The van der Waals surface area contributed by atoms with Crippen LogP contribution in [0.4, 0.5) is 0 Å². The molecule has 0 atom stereocenters. The second-order valence-electron chi connectivity index (χ2n) is 12.6. The normalized spacial score (nSPS) is 11.9. The highest BCUT2D eigenvalue weighted by Crippen LogP contribution is 2.48. The van der Waals surface area contributed by atoms with Crippen LogP contribution in [0.15, 0.2) is 163 Å². The van der Waals surface area contributed by atoms with E-state index in [1.54, 1.807) is 0 Å². The fourth-order valence-electron chi connectivity index (χ4n) is 7.79. The molecule has 0 nitrogen and oxygen atoms in total. The highest BCUT2D eigenvalue weighted by molar-refractivity contribution is 7.80. The van der Waals surface area contributed by atoms with E-state index in [0.717, 1.165) is 4.90 Å². The number of benzene rings is 8. The van der Waals surface area contributed by atoms with Crippen LogP contribution in [0.2, 0.25) is 0 Å². The van der Waals surface area contributed by atoms with Gasteiger partial charge >= 0.3 is 0 Å². The minimum Gasteiger partial charge on any atom is -0.142 e. The lowest BCUT2D eigenvalue weighted by molar-refractivity contribution is 1.46. The number of thiol groups is 1. The summed E-state index contributed by atoms with van der Waals surface area (Å²) in [6.07, 6.45) is 6.15. The Hall–Kier alpha value is -5.41. The van der Waals surface area contributed by atoms with Gasteiger partial charge in [-0.05, 0) is 90.3 Å². The van der Waals surface area contributed by atoms with Crippen LogP contribution in [0.3, 0.4) is 0 Å². The lowest BCUT2D eigenvalue weighted by Gasteiger charge is -2.20. The standard InChI is InChI=1S/C47H32S2/c1-3-4-17-32-29(2)43(33-18-8-9-19-34(33)44(32)30-15-6-5-7-16-30)40-25-14-24-39-41-28-31(26-27-42(41)49-47(39)40)45-35-20-10-12-22-37(35)46(48)38-23-13-11-21-36(38)45/h3-28,48H,1H2,2H3/b17-4-. The number of thiophene rings is 1. The first-order chi connectivity index (χ1) is 24.1. The average molecular weight is 661 g/mol. The number of hydrogen-bond donors (Lipinski definition) is 1. The molecule has 0 saturated heterocycles. The molecule has 0 aliphatic carbocycles. The largest absolute Gasteiger partial charge is 0.142 e. The molecule has 9 rings (SSSR count). The van der Waals surface area contributed by atoms with Gasteiger partial charge in [-0.25, -0.2) is 0 Å². The van der Waals surface area contributed by atoms with Crippen molar-refractivity contribution in [1.29, 1.82) is 0 Å². The molecule has 9 aromatic rings. The van der Waals surface area contributed by atoms with Gasteiger partial charge in [0.25, 0.3) is 0 Å². The number of rotatable bonds is 5. The Morgan fingerprint density at radius 1 is 0.531 bits per heavy atom. The van der Waals surface area contributed by atoms with Crippen LogP contribution >= 0.6 is 24.0 Å². The third-order valence-corrected chi connectivity index (χ3v) is 11.6. The number of allylic oxidation sites excluding steroid dienone is 2. The SMILES string of the molecule is C=C/C=C\c1c(C)c(-c2cccc3c2sc2ccc(-c4c5ccccc5c(S)c5ccccc45)cc23)c2ccccc2c1-c1ccccc1. The topological polar surface area (TPSA) is 0 Å². The van der Waals surface area contributed by atoms with Crippen LogP contribution in [0.1, 0.15) is 11.1 Å². The summed E-state index contributed by atoms with van der Waals surface area (Å²) in [5.41, 5.74) is 10.0. The van der Waals surface area contributed by atoms with Crippen LogP contribution in [0.5, 0.6) is 0 Å². The number of fused-ring (bicyclic) bond motifs is 6. The second kappa shape index (κ2) is 11.9.